The van der Waals surface area contributed by atoms with E-state index in [1.165, 1.54) is 26.2 Å². The number of esters is 1. The van der Waals surface area contributed by atoms with Gasteiger partial charge >= 0.3 is 12.1 Å². The van der Waals surface area contributed by atoms with Crippen LogP contribution in [-0.4, -0.2) is 50.7 Å². The summed E-state index contributed by atoms with van der Waals surface area (Å²) in [5.41, 5.74) is -0.828. The summed E-state index contributed by atoms with van der Waals surface area (Å²) in [6.07, 6.45) is -5.81. The molecule has 2 rings (SSSR count). The van der Waals surface area contributed by atoms with Crippen molar-refractivity contribution in [2.45, 2.75) is 25.6 Å². The van der Waals surface area contributed by atoms with Gasteiger partial charge in [-0.25, -0.2) is 0 Å². The molecule has 10 heteroatoms. The van der Waals surface area contributed by atoms with Crippen LogP contribution in [-0.2, 0) is 30.0 Å². The van der Waals surface area contributed by atoms with Crippen LogP contribution in [0.2, 0.25) is 0 Å². The zero-order chi connectivity index (χ0) is 20.9. The zero-order valence-electron chi connectivity index (χ0n) is 15.4. The van der Waals surface area contributed by atoms with Crippen molar-refractivity contribution in [3.05, 3.63) is 29.8 Å². The van der Waals surface area contributed by atoms with Crippen molar-refractivity contribution < 1.29 is 37.0 Å². The molecule has 154 valence electrons. The van der Waals surface area contributed by atoms with Crippen LogP contribution in [0.4, 0.5) is 18.9 Å². The summed E-state index contributed by atoms with van der Waals surface area (Å²) in [5, 5.41) is 2.52. The van der Waals surface area contributed by atoms with Crippen molar-refractivity contribution in [3.8, 4) is 0 Å². The Hall–Kier alpha value is -2.62. The molecule has 1 aromatic carbocycles. The summed E-state index contributed by atoms with van der Waals surface area (Å²) >= 11 is 0. The minimum atomic E-state index is -4.54. The number of alkyl halides is 3. The number of hydrogen-bond acceptors (Lipinski definition) is 5. The number of carbonyl (C=O) groups excluding carboxylic acids is 3. The molecule has 1 aliphatic heterocycles. The van der Waals surface area contributed by atoms with E-state index in [2.05, 4.69) is 5.32 Å². The number of nitrogens with one attached hydrogen (secondary N) is 1. The molecule has 0 radical (unpaired) electrons. The third-order valence-corrected chi connectivity index (χ3v) is 4.21. The van der Waals surface area contributed by atoms with Crippen molar-refractivity contribution in [1.29, 1.82) is 0 Å². The van der Waals surface area contributed by atoms with E-state index in [9.17, 15) is 27.6 Å². The summed E-state index contributed by atoms with van der Waals surface area (Å²) in [5.74, 6) is -2.61. The SMILES string of the molecule is COCCNC(=O)[C@H](C)OC(=O)[C@@H]1CC(=O)N(c2cccc(C(F)(F)F)c2)C1. The highest BCUT2D eigenvalue weighted by Crippen LogP contribution is 2.33. The van der Waals surface area contributed by atoms with Crippen LogP contribution in [0.1, 0.15) is 18.9 Å². The molecule has 1 heterocycles. The fraction of sp³-hybridized carbons (Fsp3) is 0.500. The van der Waals surface area contributed by atoms with Crippen LogP contribution in [0.15, 0.2) is 24.3 Å². The molecule has 0 spiro atoms. The monoisotopic (exact) mass is 402 g/mol. The van der Waals surface area contributed by atoms with E-state index in [0.29, 0.717) is 6.61 Å². The maximum atomic E-state index is 12.9. The highest BCUT2D eigenvalue weighted by atomic mass is 19.4. The Morgan fingerprint density at radius 2 is 2.07 bits per heavy atom. The van der Waals surface area contributed by atoms with Gasteiger partial charge in [0.1, 0.15) is 0 Å². The Balaban J connectivity index is 1.98. The van der Waals surface area contributed by atoms with Gasteiger partial charge < -0.3 is 19.7 Å². The van der Waals surface area contributed by atoms with Crippen molar-refractivity contribution in [1.82, 2.24) is 5.32 Å². The molecule has 0 bridgehead atoms. The minimum Gasteiger partial charge on any atom is -0.452 e. The molecule has 0 unspecified atom stereocenters. The van der Waals surface area contributed by atoms with Crippen LogP contribution >= 0.6 is 0 Å². The highest BCUT2D eigenvalue weighted by Gasteiger charge is 2.38. The molecule has 1 fully saturated rings. The molecule has 1 saturated heterocycles. The number of rotatable bonds is 7. The topological polar surface area (TPSA) is 84.9 Å². The molecule has 1 N–H and O–H groups in total. The Bertz CT molecular complexity index is 738. The van der Waals surface area contributed by atoms with Crippen LogP contribution in [0, 0.1) is 5.92 Å². The lowest BCUT2D eigenvalue weighted by atomic mass is 10.1. The number of methoxy groups -OCH3 is 1. The van der Waals surface area contributed by atoms with Crippen molar-refractivity contribution in [2.75, 3.05) is 31.7 Å². The van der Waals surface area contributed by atoms with E-state index in [-0.39, 0.29) is 25.2 Å². The first-order valence-corrected chi connectivity index (χ1v) is 8.58. The molecule has 0 aromatic heterocycles. The standard InChI is InChI=1S/C18H21F3N2O5/c1-11(16(25)22-6-7-27-2)28-17(26)12-8-15(24)23(10-12)14-5-3-4-13(9-14)18(19,20)21/h3-5,9,11-12H,6-8,10H2,1-2H3,(H,22,25)/t11-,12+/m0/s1. The minimum absolute atomic E-state index is 0.0560. The maximum absolute atomic E-state index is 12.9. The van der Waals surface area contributed by atoms with E-state index < -0.39 is 41.5 Å². The Labute approximate surface area is 159 Å². The largest absolute Gasteiger partial charge is 0.452 e. The Morgan fingerprint density at radius 1 is 1.36 bits per heavy atom. The molecule has 1 aliphatic rings. The number of ether oxygens (including phenoxy) is 2. The van der Waals surface area contributed by atoms with E-state index in [1.54, 1.807) is 0 Å². The summed E-state index contributed by atoms with van der Waals surface area (Å²) < 4.78 is 48.5. The van der Waals surface area contributed by atoms with Gasteiger partial charge in [-0.15, -0.1) is 0 Å². The van der Waals surface area contributed by atoms with E-state index >= 15 is 0 Å². The molecule has 2 atom stereocenters. The van der Waals surface area contributed by atoms with Gasteiger partial charge in [0.05, 0.1) is 18.1 Å². The molecule has 2 amide bonds. The molecule has 28 heavy (non-hydrogen) atoms. The van der Waals surface area contributed by atoms with Gasteiger partial charge in [-0.05, 0) is 25.1 Å². The predicted molar refractivity (Wildman–Crippen MR) is 92.3 cm³/mol. The van der Waals surface area contributed by atoms with Crippen molar-refractivity contribution in [3.63, 3.8) is 0 Å². The number of anilines is 1. The third kappa shape index (κ3) is 5.44. The van der Waals surface area contributed by atoms with Crippen LogP contribution in [0.25, 0.3) is 0 Å². The van der Waals surface area contributed by atoms with Gasteiger partial charge in [0.2, 0.25) is 5.91 Å². The third-order valence-electron chi connectivity index (χ3n) is 4.21. The first kappa shape index (κ1) is 21.7. The van der Waals surface area contributed by atoms with Gasteiger partial charge in [-0.3, -0.25) is 14.4 Å². The molecule has 0 saturated carbocycles. The van der Waals surface area contributed by atoms with Gasteiger partial charge in [0.25, 0.3) is 5.91 Å². The molecule has 1 aromatic rings. The van der Waals surface area contributed by atoms with E-state index in [4.69, 9.17) is 9.47 Å². The van der Waals surface area contributed by atoms with E-state index in [1.807, 2.05) is 0 Å². The average Bonchev–Trinajstić information content (AvgIpc) is 3.03. The van der Waals surface area contributed by atoms with Crippen molar-refractivity contribution in [2.24, 2.45) is 5.92 Å². The first-order valence-electron chi connectivity index (χ1n) is 8.58. The fourth-order valence-corrected chi connectivity index (χ4v) is 2.71. The van der Waals surface area contributed by atoms with Gasteiger partial charge in [-0.2, -0.15) is 13.2 Å². The normalized spacial score (nSPS) is 18.1. The van der Waals surface area contributed by atoms with Gasteiger partial charge in [0.15, 0.2) is 6.10 Å². The Kier molecular flexibility index (Phi) is 7.00. The first-order chi connectivity index (χ1) is 13.1. The number of halogens is 3. The molecule has 0 aliphatic carbocycles. The number of carbonyl (C=O) groups is 3. The number of benzene rings is 1. The quantitative estimate of drug-likeness (QED) is 0.555. The van der Waals surface area contributed by atoms with E-state index in [0.717, 1.165) is 17.0 Å². The smallest absolute Gasteiger partial charge is 0.416 e. The van der Waals surface area contributed by atoms with Gasteiger partial charge in [0, 0.05) is 32.3 Å². The zero-order valence-corrected chi connectivity index (χ0v) is 15.4. The Morgan fingerprint density at radius 3 is 2.71 bits per heavy atom. The van der Waals surface area contributed by atoms with Crippen LogP contribution < -0.4 is 10.2 Å². The summed E-state index contributed by atoms with van der Waals surface area (Å²) in [4.78, 5) is 37.4. The molecular formula is C18H21F3N2O5. The lowest BCUT2D eigenvalue weighted by Gasteiger charge is -2.19. The fourth-order valence-electron chi connectivity index (χ4n) is 2.71. The van der Waals surface area contributed by atoms with Crippen molar-refractivity contribution >= 4 is 23.5 Å². The lowest BCUT2D eigenvalue weighted by molar-refractivity contribution is -0.158. The second kappa shape index (κ2) is 9.05. The second-order valence-corrected chi connectivity index (χ2v) is 6.32. The summed E-state index contributed by atoms with van der Waals surface area (Å²) in [6.45, 7) is 1.83. The summed E-state index contributed by atoms with van der Waals surface area (Å²) in [6, 6.07) is 4.33. The summed E-state index contributed by atoms with van der Waals surface area (Å²) in [7, 11) is 1.48. The lowest BCUT2D eigenvalue weighted by Crippen LogP contribution is -2.38. The highest BCUT2D eigenvalue weighted by molar-refractivity contribution is 5.99. The average molecular weight is 402 g/mol. The molecule has 7 nitrogen and oxygen atoms in total. The molecular weight excluding hydrogens is 381 g/mol. The van der Waals surface area contributed by atoms with Crippen LogP contribution in [0.5, 0.6) is 0 Å². The number of nitrogens with zero attached hydrogens (tertiary/aromatic N) is 1. The number of hydrogen-bond donors (Lipinski definition) is 1. The predicted octanol–water partition coefficient (Wildman–Crippen LogP) is 1.75. The van der Waals surface area contributed by atoms with Crippen LogP contribution in [0.3, 0.4) is 0 Å². The number of amides is 2. The van der Waals surface area contributed by atoms with Gasteiger partial charge in [-0.1, -0.05) is 6.07 Å². The second-order valence-electron chi connectivity index (χ2n) is 6.32. The maximum Gasteiger partial charge on any atom is 0.416 e.